The van der Waals surface area contributed by atoms with E-state index in [-0.39, 0.29) is 18.5 Å². The Morgan fingerprint density at radius 3 is 2.27 bits per heavy atom. The molecule has 0 spiro atoms. The summed E-state index contributed by atoms with van der Waals surface area (Å²) in [6.07, 6.45) is 0. The molecule has 116 valence electrons. The third-order valence-electron chi connectivity index (χ3n) is 3.28. The van der Waals surface area contributed by atoms with E-state index in [4.69, 9.17) is 34.8 Å². The molecule has 0 aliphatic rings. The lowest BCUT2D eigenvalue weighted by molar-refractivity contribution is -0.682. The van der Waals surface area contributed by atoms with Gasteiger partial charge in [-0.05, 0) is 25.1 Å². The molecule has 2 aromatic rings. The minimum absolute atomic E-state index is 0.0705. The summed E-state index contributed by atoms with van der Waals surface area (Å²) >= 11 is 18.2. The topological polar surface area (TPSA) is 45.7 Å². The molecule has 0 unspecified atom stereocenters. The van der Waals surface area contributed by atoms with E-state index in [1.54, 1.807) is 18.2 Å². The molecule has 0 saturated carbocycles. The lowest BCUT2D eigenvalue weighted by Crippen LogP contribution is -2.86. The van der Waals surface area contributed by atoms with Gasteiger partial charge in [-0.15, -0.1) is 0 Å². The predicted molar refractivity (Wildman–Crippen MR) is 91.8 cm³/mol. The molecule has 2 aromatic carbocycles. The first kappa shape index (κ1) is 17.1. The van der Waals surface area contributed by atoms with Crippen molar-refractivity contribution in [3.05, 3.63) is 63.1 Å². The zero-order valence-electron chi connectivity index (χ0n) is 11.9. The number of carbonyl (C=O) groups excluding carboxylic acids is 1. The number of nitrogens with two attached hydrogens (primary N) is 1. The van der Waals surface area contributed by atoms with Gasteiger partial charge in [-0.25, -0.2) is 0 Å². The van der Waals surface area contributed by atoms with Crippen LogP contribution in [0.25, 0.3) is 0 Å². The Kier molecular flexibility index (Phi) is 6.09. The third kappa shape index (κ3) is 4.37. The SMILES string of the molecule is C[C@H]([NH2+]CC(=O)Nc1c(Cl)cccc1Cl)c1ccccc1Cl. The van der Waals surface area contributed by atoms with Gasteiger partial charge < -0.3 is 10.6 Å². The summed E-state index contributed by atoms with van der Waals surface area (Å²) in [6.45, 7) is 2.24. The number of para-hydroxylation sites is 1. The Morgan fingerprint density at radius 1 is 1.05 bits per heavy atom. The van der Waals surface area contributed by atoms with Crippen LogP contribution in [0.4, 0.5) is 5.69 Å². The van der Waals surface area contributed by atoms with Gasteiger partial charge in [0.1, 0.15) is 6.04 Å². The van der Waals surface area contributed by atoms with E-state index in [1.165, 1.54) is 0 Å². The fraction of sp³-hybridized carbons (Fsp3) is 0.188. The number of nitrogens with one attached hydrogen (secondary N) is 1. The number of hydrogen-bond donors (Lipinski definition) is 2. The summed E-state index contributed by atoms with van der Waals surface area (Å²) in [5.74, 6) is -0.172. The van der Waals surface area contributed by atoms with Crippen molar-refractivity contribution in [2.24, 2.45) is 0 Å². The largest absolute Gasteiger partial charge is 0.332 e. The number of carbonyl (C=O) groups is 1. The van der Waals surface area contributed by atoms with E-state index in [0.717, 1.165) is 5.56 Å². The monoisotopic (exact) mass is 357 g/mol. The molecule has 1 amide bonds. The summed E-state index contributed by atoms with van der Waals surface area (Å²) in [6, 6.07) is 12.8. The van der Waals surface area contributed by atoms with Crippen molar-refractivity contribution in [2.75, 3.05) is 11.9 Å². The first-order chi connectivity index (χ1) is 10.5. The molecule has 0 fully saturated rings. The highest BCUT2D eigenvalue weighted by molar-refractivity contribution is 6.39. The van der Waals surface area contributed by atoms with Crippen LogP contribution >= 0.6 is 34.8 Å². The molecule has 3 N–H and O–H groups in total. The summed E-state index contributed by atoms with van der Waals surface area (Å²) in [7, 11) is 0. The molecule has 0 saturated heterocycles. The molecule has 1 atom stereocenters. The van der Waals surface area contributed by atoms with Crippen molar-refractivity contribution in [2.45, 2.75) is 13.0 Å². The zero-order chi connectivity index (χ0) is 16.1. The zero-order valence-corrected chi connectivity index (χ0v) is 14.2. The molecular weight excluding hydrogens is 343 g/mol. The second-order valence-corrected chi connectivity index (χ2v) is 6.12. The molecule has 0 aromatic heterocycles. The fourth-order valence-electron chi connectivity index (χ4n) is 2.06. The number of rotatable bonds is 5. The Labute approximate surface area is 144 Å². The van der Waals surface area contributed by atoms with Gasteiger partial charge in [0, 0.05) is 10.6 Å². The van der Waals surface area contributed by atoms with Crippen molar-refractivity contribution >= 4 is 46.4 Å². The van der Waals surface area contributed by atoms with Crippen LogP contribution < -0.4 is 10.6 Å². The molecule has 22 heavy (non-hydrogen) atoms. The molecular formula is C16H16Cl3N2O+. The summed E-state index contributed by atoms with van der Waals surface area (Å²) in [4.78, 5) is 12.0. The van der Waals surface area contributed by atoms with Crippen molar-refractivity contribution in [1.29, 1.82) is 0 Å². The highest BCUT2D eigenvalue weighted by Crippen LogP contribution is 2.29. The van der Waals surface area contributed by atoms with Gasteiger partial charge in [-0.2, -0.15) is 0 Å². The van der Waals surface area contributed by atoms with Gasteiger partial charge in [0.15, 0.2) is 6.54 Å². The van der Waals surface area contributed by atoms with Crippen LogP contribution in [0.1, 0.15) is 18.5 Å². The maximum Gasteiger partial charge on any atom is 0.279 e. The lowest BCUT2D eigenvalue weighted by atomic mass is 10.1. The van der Waals surface area contributed by atoms with Crippen LogP contribution in [0.15, 0.2) is 42.5 Å². The van der Waals surface area contributed by atoms with Gasteiger partial charge in [-0.3, -0.25) is 4.79 Å². The molecule has 0 heterocycles. The molecule has 0 aliphatic carbocycles. The van der Waals surface area contributed by atoms with Crippen molar-refractivity contribution < 1.29 is 10.1 Å². The Balaban J connectivity index is 1.95. The fourth-order valence-corrected chi connectivity index (χ4v) is 2.86. The smallest absolute Gasteiger partial charge is 0.279 e. The van der Waals surface area contributed by atoms with Crippen molar-refractivity contribution in [1.82, 2.24) is 0 Å². The van der Waals surface area contributed by atoms with Crippen LogP contribution in [0.2, 0.25) is 15.1 Å². The van der Waals surface area contributed by atoms with Crippen LogP contribution in [-0.4, -0.2) is 12.5 Å². The van der Waals surface area contributed by atoms with Gasteiger partial charge in [-0.1, -0.05) is 59.1 Å². The highest BCUT2D eigenvalue weighted by atomic mass is 35.5. The third-order valence-corrected chi connectivity index (χ3v) is 4.25. The van der Waals surface area contributed by atoms with Gasteiger partial charge in [0.2, 0.25) is 0 Å². The molecule has 0 radical (unpaired) electrons. The average molecular weight is 359 g/mol. The quantitative estimate of drug-likeness (QED) is 0.836. The molecule has 6 heteroatoms. The maximum atomic E-state index is 12.0. The van der Waals surface area contributed by atoms with Crippen molar-refractivity contribution in [3.63, 3.8) is 0 Å². The number of benzene rings is 2. The van der Waals surface area contributed by atoms with E-state index in [0.29, 0.717) is 20.8 Å². The average Bonchev–Trinajstić information content (AvgIpc) is 2.49. The minimum atomic E-state index is -0.172. The van der Waals surface area contributed by atoms with Crippen LogP contribution in [0.3, 0.4) is 0 Å². The number of halogens is 3. The van der Waals surface area contributed by atoms with E-state index < -0.39 is 0 Å². The Hall–Kier alpha value is -1.26. The normalized spacial score (nSPS) is 12.0. The second kappa shape index (κ2) is 7.84. The van der Waals surface area contributed by atoms with E-state index in [1.807, 2.05) is 36.5 Å². The Bertz CT molecular complexity index is 656. The predicted octanol–water partition coefficient (Wildman–Crippen LogP) is 3.91. The van der Waals surface area contributed by atoms with Crippen LogP contribution in [0, 0.1) is 0 Å². The van der Waals surface area contributed by atoms with E-state index >= 15 is 0 Å². The lowest BCUT2D eigenvalue weighted by Gasteiger charge is -2.13. The van der Waals surface area contributed by atoms with Crippen molar-refractivity contribution in [3.8, 4) is 0 Å². The number of amides is 1. The first-order valence-electron chi connectivity index (χ1n) is 6.80. The van der Waals surface area contributed by atoms with Crippen LogP contribution in [-0.2, 0) is 4.79 Å². The van der Waals surface area contributed by atoms with Gasteiger partial charge in [0.05, 0.1) is 15.7 Å². The number of anilines is 1. The second-order valence-electron chi connectivity index (χ2n) is 4.89. The standard InChI is InChI=1S/C16H15Cl3N2O/c1-10(11-5-2-3-6-12(11)17)20-9-15(22)21-16-13(18)7-4-8-14(16)19/h2-8,10,20H,9H2,1H3,(H,21,22)/p+1/t10-/m0/s1. The first-order valence-corrected chi connectivity index (χ1v) is 7.94. The summed E-state index contributed by atoms with van der Waals surface area (Å²) in [5, 5.41) is 6.17. The highest BCUT2D eigenvalue weighted by Gasteiger charge is 2.15. The van der Waals surface area contributed by atoms with Gasteiger partial charge in [0.25, 0.3) is 5.91 Å². The number of quaternary nitrogens is 1. The molecule has 3 nitrogen and oxygen atoms in total. The van der Waals surface area contributed by atoms with Gasteiger partial charge >= 0.3 is 0 Å². The molecule has 0 aliphatic heterocycles. The Morgan fingerprint density at radius 2 is 1.64 bits per heavy atom. The maximum absolute atomic E-state index is 12.0. The van der Waals surface area contributed by atoms with E-state index in [2.05, 4.69) is 5.32 Å². The number of hydrogen-bond acceptors (Lipinski definition) is 1. The van der Waals surface area contributed by atoms with E-state index in [9.17, 15) is 4.79 Å². The summed E-state index contributed by atoms with van der Waals surface area (Å²) in [5.41, 5.74) is 1.43. The van der Waals surface area contributed by atoms with Crippen LogP contribution in [0.5, 0.6) is 0 Å². The summed E-state index contributed by atoms with van der Waals surface area (Å²) < 4.78 is 0. The molecule has 2 rings (SSSR count). The minimum Gasteiger partial charge on any atom is -0.332 e. The molecule has 0 bridgehead atoms.